The fourth-order valence-electron chi connectivity index (χ4n) is 5.30. The number of β-lactam (4-membered cyclic amide) rings is 1. The molecule has 6 rings (SSSR count). The van der Waals surface area contributed by atoms with Crippen molar-refractivity contribution in [1.29, 1.82) is 0 Å². The minimum absolute atomic E-state index is 0.0396. The Kier molecular flexibility index (Phi) is 10.7. The Morgan fingerprint density at radius 2 is 1.60 bits per heavy atom. The van der Waals surface area contributed by atoms with E-state index in [1.165, 1.54) is 28.1 Å². The largest absolute Gasteiger partial charge is 0.481 e. The third kappa shape index (κ3) is 7.93. The van der Waals surface area contributed by atoms with Crippen LogP contribution in [0.25, 0.3) is 5.57 Å². The molecule has 1 saturated heterocycles. The predicted molar refractivity (Wildman–Crippen MR) is 187 cm³/mol. The lowest BCUT2D eigenvalue weighted by molar-refractivity contribution is -0.154. The lowest BCUT2D eigenvalue weighted by atomic mass is 10.0. The number of rotatable bonds is 12. The Labute approximate surface area is 294 Å². The second-order valence-electron chi connectivity index (χ2n) is 11.0. The van der Waals surface area contributed by atoms with Crippen LogP contribution >= 0.6 is 23.1 Å². The van der Waals surface area contributed by atoms with E-state index in [-0.39, 0.29) is 28.7 Å². The van der Waals surface area contributed by atoms with E-state index in [4.69, 9.17) is 9.47 Å². The molecule has 1 aromatic heterocycles. The Hall–Kier alpha value is -5.73. The molecule has 2 atom stereocenters. The van der Waals surface area contributed by atoms with Gasteiger partial charge in [-0.1, -0.05) is 97.1 Å². The molecule has 3 amide bonds. The maximum Gasteiger partial charge on any atom is 0.413 e. The number of aromatic nitrogens is 1. The monoisotopic (exact) mass is 710 g/mol. The van der Waals surface area contributed by atoms with E-state index in [0.717, 1.165) is 28.0 Å². The van der Waals surface area contributed by atoms with E-state index in [2.05, 4.69) is 15.6 Å². The molecule has 3 heterocycles. The van der Waals surface area contributed by atoms with Crippen LogP contribution in [0.5, 0.6) is 0 Å². The molecule has 0 unspecified atom stereocenters. The summed E-state index contributed by atoms with van der Waals surface area (Å²) in [6.07, 6.45) is 0.851. The minimum atomic E-state index is -1.18. The maximum absolute atomic E-state index is 13.6. The molecule has 0 spiro atoms. The zero-order chi connectivity index (χ0) is 35.0. The molecule has 0 saturated carbocycles. The zero-order valence-corrected chi connectivity index (χ0v) is 27.9. The standard InChI is InChI=1S/C36H30N4O8S2/c41-28(42)17-16-25(26-21-50-35(37-26)39-36(46)47-20-22-10-4-1-5-11-22)31(43)38-29-32(44)40-27(18-19-49-33(29)40)34(45)48-30(23-12-6-2-7-13-23)24-14-8-3-9-15-24/h1-16,18,21,29-30,33H,17,19-20H2,(H,38,43)(H,41,42)(H,37,39,46)/b25-16+/t29-,33-/m1/s1. The van der Waals surface area contributed by atoms with Crippen LogP contribution in [-0.4, -0.2) is 62.0 Å². The quantitative estimate of drug-likeness (QED) is 0.0990. The number of thiazole rings is 1. The van der Waals surface area contributed by atoms with Crippen molar-refractivity contribution in [2.75, 3.05) is 11.1 Å². The number of ether oxygens (including phenoxy) is 2. The fraction of sp³-hybridized carbons (Fsp3) is 0.167. The number of anilines is 1. The average Bonchev–Trinajstić information content (AvgIpc) is 3.60. The summed E-state index contributed by atoms with van der Waals surface area (Å²) >= 11 is 2.37. The summed E-state index contributed by atoms with van der Waals surface area (Å²) in [5, 5.41) is 15.5. The number of esters is 1. The number of aliphatic carboxylic acids is 1. The van der Waals surface area contributed by atoms with Crippen molar-refractivity contribution < 1.29 is 38.6 Å². The van der Waals surface area contributed by atoms with Crippen molar-refractivity contribution in [2.24, 2.45) is 0 Å². The zero-order valence-electron chi connectivity index (χ0n) is 26.3. The molecule has 2 aliphatic rings. The minimum Gasteiger partial charge on any atom is -0.481 e. The summed E-state index contributed by atoms with van der Waals surface area (Å²) in [7, 11) is 0. The van der Waals surface area contributed by atoms with Crippen molar-refractivity contribution in [3.05, 3.63) is 137 Å². The van der Waals surface area contributed by atoms with E-state index in [0.29, 0.717) is 5.75 Å². The number of carboxylic acids is 1. The molecule has 3 aromatic carbocycles. The van der Waals surface area contributed by atoms with Crippen LogP contribution in [0.4, 0.5) is 9.93 Å². The number of nitrogens with one attached hydrogen (secondary N) is 2. The molecule has 0 radical (unpaired) electrons. The number of carbonyl (C=O) groups is 5. The highest BCUT2D eigenvalue weighted by atomic mass is 32.2. The first-order valence-electron chi connectivity index (χ1n) is 15.4. The topological polar surface area (TPSA) is 164 Å². The average molecular weight is 711 g/mol. The molecule has 254 valence electrons. The first-order chi connectivity index (χ1) is 24.3. The number of carbonyl (C=O) groups excluding carboxylic acids is 4. The van der Waals surface area contributed by atoms with Gasteiger partial charge in [0.25, 0.3) is 11.8 Å². The molecule has 1 fully saturated rings. The van der Waals surface area contributed by atoms with Gasteiger partial charge in [0, 0.05) is 11.1 Å². The summed E-state index contributed by atoms with van der Waals surface area (Å²) in [4.78, 5) is 69.9. The van der Waals surface area contributed by atoms with Crippen molar-refractivity contribution in [3.63, 3.8) is 0 Å². The Morgan fingerprint density at radius 3 is 2.24 bits per heavy atom. The van der Waals surface area contributed by atoms with E-state index < -0.39 is 53.8 Å². The summed E-state index contributed by atoms with van der Waals surface area (Å²) in [6, 6.07) is 26.6. The van der Waals surface area contributed by atoms with Gasteiger partial charge in [-0.05, 0) is 22.8 Å². The van der Waals surface area contributed by atoms with Gasteiger partial charge < -0.3 is 19.9 Å². The number of hydrogen-bond donors (Lipinski definition) is 3. The van der Waals surface area contributed by atoms with Crippen LogP contribution in [0.3, 0.4) is 0 Å². The van der Waals surface area contributed by atoms with Gasteiger partial charge in [-0.2, -0.15) is 0 Å². The molecule has 50 heavy (non-hydrogen) atoms. The van der Waals surface area contributed by atoms with Crippen LogP contribution < -0.4 is 10.6 Å². The van der Waals surface area contributed by atoms with Crippen LogP contribution in [0.1, 0.15) is 34.9 Å². The molecular formula is C36H30N4O8S2. The number of fused-ring (bicyclic) bond motifs is 1. The van der Waals surface area contributed by atoms with Crippen molar-refractivity contribution in [2.45, 2.75) is 30.5 Å². The summed E-state index contributed by atoms with van der Waals surface area (Å²) in [6.45, 7) is 0.0396. The molecule has 12 nitrogen and oxygen atoms in total. The van der Waals surface area contributed by atoms with Crippen molar-refractivity contribution >= 4 is 63.6 Å². The van der Waals surface area contributed by atoms with Gasteiger partial charge in [0.05, 0.1) is 17.7 Å². The number of thioether (sulfide) groups is 1. The first-order valence-corrected chi connectivity index (χ1v) is 17.3. The van der Waals surface area contributed by atoms with Crippen LogP contribution in [-0.2, 0) is 35.3 Å². The van der Waals surface area contributed by atoms with Crippen molar-refractivity contribution in [3.8, 4) is 0 Å². The highest BCUT2D eigenvalue weighted by Crippen LogP contribution is 2.39. The first kappa shape index (κ1) is 34.1. The molecule has 3 N–H and O–H groups in total. The molecule has 0 bridgehead atoms. The second kappa shape index (κ2) is 15.7. The Bertz CT molecular complexity index is 1910. The lowest BCUT2D eigenvalue weighted by Crippen LogP contribution is -2.70. The van der Waals surface area contributed by atoms with E-state index in [1.54, 1.807) is 18.2 Å². The smallest absolute Gasteiger partial charge is 0.413 e. The summed E-state index contributed by atoms with van der Waals surface area (Å²) in [5.74, 6) is -2.73. The fourth-order valence-corrected chi connectivity index (χ4v) is 7.20. The highest BCUT2D eigenvalue weighted by molar-refractivity contribution is 8.00. The maximum atomic E-state index is 13.6. The second-order valence-corrected chi connectivity index (χ2v) is 13.0. The number of carboxylic acid groups (broad SMARTS) is 1. The van der Waals surface area contributed by atoms with Crippen molar-refractivity contribution in [1.82, 2.24) is 15.2 Å². The number of benzene rings is 3. The number of hydrogen-bond acceptors (Lipinski definition) is 10. The van der Waals surface area contributed by atoms with E-state index >= 15 is 0 Å². The highest BCUT2D eigenvalue weighted by Gasteiger charge is 2.53. The molecular weight excluding hydrogens is 681 g/mol. The molecule has 2 aliphatic heterocycles. The van der Waals surface area contributed by atoms with Gasteiger partial charge >= 0.3 is 18.0 Å². The van der Waals surface area contributed by atoms with E-state index in [1.807, 2.05) is 78.9 Å². The van der Waals surface area contributed by atoms with Gasteiger partial charge in [0.2, 0.25) is 0 Å². The van der Waals surface area contributed by atoms with Gasteiger partial charge in [-0.25, -0.2) is 14.6 Å². The number of amides is 3. The van der Waals surface area contributed by atoms with Gasteiger partial charge in [0.1, 0.15) is 23.7 Å². The Balaban J connectivity index is 1.12. The van der Waals surface area contributed by atoms with Gasteiger partial charge in [-0.3, -0.25) is 24.6 Å². The SMILES string of the molecule is O=C(O)C/C=C(/C(=O)N[C@@H]1C(=O)N2C(C(=O)OC(c3ccccc3)c3ccccc3)=CCS[C@H]12)c1csc(NC(=O)OCc2ccccc2)n1. The third-order valence-corrected chi connectivity index (χ3v) is 9.64. The van der Waals surface area contributed by atoms with Crippen LogP contribution in [0.15, 0.2) is 114 Å². The summed E-state index contributed by atoms with van der Waals surface area (Å²) in [5.41, 5.74) is 2.41. The van der Waals surface area contributed by atoms with Gasteiger partial charge in [-0.15, -0.1) is 23.1 Å². The van der Waals surface area contributed by atoms with Gasteiger partial charge in [0.15, 0.2) is 11.2 Å². The predicted octanol–water partition coefficient (Wildman–Crippen LogP) is 5.37. The molecule has 4 aromatic rings. The number of nitrogens with zero attached hydrogens (tertiary/aromatic N) is 2. The third-order valence-electron chi connectivity index (χ3n) is 7.70. The van der Waals surface area contributed by atoms with Crippen LogP contribution in [0, 0.1) is 0 Å². The summed E-state index contributed by atoms with van der Waals surface area (Å²) < 4.78 is 11.2. The molecule has 0 aliphatic carbocycles. The van der Waals surface area contributed by atoms with E-state index in [9.17, 15) is 29.1 Å². The lowest BCUT2D eigenvalue weighted by Gasteiger charge is -2.48. The normalized spacial score (nSPS) is 16.8. The van der Waals surface area contributed by atoms with Crippen LogP contribution in [0.2, 0.25) is 0 Å². The Morgan fingerprint density at radius 1 is 0.960 bits per heavy atom. The molecule has 14 heteroatoms.